The summed E-state index contributed by atoms with van der Waals surface area (Å²) in [4.78, 5) is 12.6. The summed E-state index contributed by atoms with van der Waals surface area (Å²) in [5, 5.41) is 10.1. The van der Waals surface area contributed by atoms with Crippen molar-refractivity contribution in [2.45, 2.75) is 46.1 Å². The van der Waals surface area contributed by atoms with Crippen molar-refractivity contribution in [1.29, 1.82) is 0 Å². The van der Waals surface area contributed by atoms with Crippen LogP contribution in [0.3, 0.4) is 0 Å². The molecule has 0 bridgehead atoms. The lowest BCUT2D eigenvalue weighted by Crippen LogP contribution is -2.27. The maximum atomic E-state index is 12.6. The minimum Gasteiger partial charge on any atom is -0.508 e. The highest BCUT2D eigenvalue weighted by molar-refractivity contribution is 6.07. The number of rotatable bonds is 6. The molecule has 0 spiro atoms. The van der Waals surface area contributed by atoms with Gasteiger partial charge in [-0.15, -0.1) is 0 Å². The Labute approximate surface area is 173 Å². The summed E-state index contributed by atoms with van der Waals surface area (Å²) in [5.41, 5.74) is 4.25. The van der Waals surface area contributed by atoms with E-state index in [2.05, 4.69) is 12.2 Å². The predicted molar refractivity (Wildman–Crippen MR) is 119 cm³/mol. The molecule has 0 saturated heterocycles. The maximum absolute atomic E-state index is 12.6. The highest BCUT2D eigenvalue weighted by atomic mass is 16.5. The van der Waals surface area contributed by atoms with Gasteiger partial charge in [-0.05, 0) is 94.1 Å². The molecule has 1 heterocycles. The van der Waals surface area contributed by atoms with Gasteiger partial charge in [-0.1, -0.05) is 29.9 Å². The molecule has 0 amide bonds. The van der Waals surface area contributed by atoms with Crippen LogP contribution in [0.15, 0.2) is 60.2 Å². The van der Waals surface area contributed by atoms with Gasteiger partial charge in [0, 0.05) is 11.1 Å². The van der Waals surface area contributed by atoms with Crippen molar-refractivity contribution in [3.63, 3.8) is 0 Å². The molecule has 0 atom stereocenters. The lowest BCUT2D eigenvalue weighted by Gasteiger charge is -2.27. The van der Waals surface area contributed by atoms with Gasteiger partial charge in [0.05, 0.1) is 0 Å². The maximum Gasteiger partial charge on any atom is 0.185 e. The fourth-order valence-electron chi connectivity index (χ4n) is 3.23. The first kappa shape index (κ1) is 20.7. The Morgan fingerprint density at radius 1 is 1.14 bits per heavy atom. The van der Waals surface area contributed by atoms with Crippen molar-refractivity contribution in [1.82, 2.24) is 0 Å². The van der Waals surface area contributed by atoms with Crippen LogP contribution in [0.4, 0.5) is 0 Å². The zero-order valence-electron chi connectivity index (χ0n) is 17.5. The summed E-state index contributed by atoms with van der Waals surface area (Å²) in [5.74, 6) is 0.997. The van der Waals surface area contributed by atoms with Crippen molar-refractivity contribution < 1.29 is 14.6 Å². The Balaban J connectivity index is 1.73. The second-order valence-corrected chi connectivity index (χ2v) is 8.20. The van der Waals surface area contributed by atoms with Crippen LogP contribution >= 0.6 is 0 Å². The van der Waals surface area contributed by atoms with Gasteiger partial charge < -0.3 is 9.84 Å². The molecular formula is C26H28O3. The summed E-state index contributed by atoms with van der Waals surface area (Å²) in [6.07, 6.45) is 11.1. The Morgan fingerprint density at radius 3 is 2.69 bits per heavy atom. The summed E-state index contributed by atoms with van der Waals surface area (Å²) in [7, 11) is 0. The topological polar surface area (TPSA) is 46.5 Å². The van der Waals surface area contributed by atoms with Gasteiger partial charge in [0.25, 0.3) is 0 Å². The predicted octanol–water partition coefficient (Wildman–Crippen LogP) is 6.37. The number of aromatic hydroxyl groups is 1. The van der Waals surface area contributed by atoms with E-state index < -0.39 is 0 Å². The average Bonchev–Trinajstić information content (AvgIpc) is 2.66. The number of hydrogen-bond donors (Lipinski definition) is 1. The van der Waals surface area contributed by atoms with E-state index in [0.717, 1.165) is 28.9 Å². The summed E-state index contributed by atoms with van der Waals surface area (Å²) >= 11 is 0. The smallest absolute Gasteiger partial charge is 0.185 e. The van der Waals surface area contributed by atoms with E-state index in [-0.39, 0.29) is 17.1 Å². The van der Waals surface area contributed by atoms with Crippen LogP contribution in [0.25, 0.3) is 12.2 Å². The van der Waals surface area contributed by atoms with E-state index in [9.17, 15) is 9.90 Å². The lowest BCUT2D eigenvalue weighted by atomic mass is 9.99. The van der Waals surface area contributed by atoms with E-state index in [0.29, 0.717) is 12.0 Å². The Hall–Kier alpha value is -3.07. The zero-order valence-corrected chi connectivity index (χ0v) is 17.5. The molecule has 1 N–H and O–H groups in total. The third-order valence-electron chi connectivity index (χ3n) is 4.83. The second kappa shape index (κ2) is 8.52. The first-order valence-corrected chi connectivity index (χ1v) is 9.93. The molecular weight excluding hydrogens is 360 g/mol. The van der Waals surface area contributed by atoms with Crippen LogP contribution in [-0.4, -0.2) is 16.5 Å². The first-order valence-electron chi connectivity index (χ1n) is 9.93. The molecule has 2 aromatic carbocycles. The molecule has 0 unspecified atom stereocenters. The minimum atomic E-state index is -0.303. The molecule has 0 aromatic heterocycles. The van der Waals surface area contributed by atoms with Gasteiger partial charge in [0.15, 0.2) is 5.78 Å². The number of fused-ring (bicyclic) bond motifs is 1. The van der Waals surface area contributed by atoms with Crippen molar-refractivity contribution in [2.75, 3.05) is 0 Å². The summed E-state index contributed by atoms with van der Waals surface area (Å²) < 4.78 is 5.93. The van der Waals surface area contributed by atoms with E-state index >= 15 is 0 Å². The second-order valence-electron chi connectivity index (χ2n) is 8.20. The highest BCUT2D eigenvalue weighted by Crippen LogP contribution is 2.31. The molecule has 0 saturated carbocycles. The van der Waals surface area contributed by atoms with Gasteiger partial charge in [0.2, 0.25) is 0 Å². The lowest BCUT2D eigenvalue weighted by molar-refractivity contribution is 0.104. The first-order chi connectivity index (χ1) is 13.7. The normalized spacial score (nSPS) is 14.3. The quantitative estimate of drug-likeness (QED) is 0.355. The van der Waals surface area contributed by atoms with Crippen molar-refractivity contribution in [3.8, 4) is 11.5 Å². The summed E-state index contributed by atoms with van der Waals surface area (Å²) in [6, 6.07) is 10.9. The molecule has 1 aliphatic rings. The average molecular weight is 389 g/mol. The Morgan fingerprint density at radius 2 is 1.93 bits per heavy atom. The van der Waals surface area contributed by atoms with Crippen LogP contribution in [0, 0.1) is 0 Å². The molecule has 1 aliphatic heterocycles. The number of allylic oxidation sites excluding steroid dienone is 3. The third-order valence-corrected chi connectivity index (χ3v) is 4.83. The van der Waals surface area contributed by atoms with Crippen molar-refractivity contribution in [2.24, 2.45) is 0 Å². The molecule has 2 aromatic rings. The van der Waals surface area contributed by atoms with Gasteiger partial charge in [-0.25, -0.2) is 0 Å². The zero-order chi connectivity index (χ0) is 21.0. The third kappa shape index (κ3) is 5.47. The van der Waals surface area contributed by atoms with Gasteiger partial charge in [0.1, 0.15) is 17.1 Å². The number of benzene rings is 2. The molecule has 0 aliphatic carbocycles. The molecule has 0 radical (unpaired) electrons. The van der Waals surface area contributed by atoms with Crippen LogP contribution in [0.5, 0.6) is 11.5 Å². The number of hydrogen-bond acceptors (Lipinski definition) is 3. The number of phenols is 1. The van der Waals surface area contributed by atoms with E-state index in [4.69, 9.17) is 4.74 Å². The molecule has 150 valence electrons. The molecule has 3 nitrogen and oxygen atoms in total. The number of ketones is 1. The molecule has 0 fully saturated rings. The fraction of sp³-hybridized carbons (Fsp3) is 0.269. The number of carbonyl (C=O) groups is 1. The Kier molecular flexibility index (Phi) is 6.07. The minimum absolute atomic E-state index is 0.0842. The number of phenolic OH excluding ortho intramolecular Hbond substituents is 1. The highest BCUT2D eigenvalue weighted by Gasteiger charge is 2.21. The van der Waals surface area contributed by atoms with Gasteiger partial charge >= 0.3 is 0 Å². The largest absolute Gasteiger partial charge is 0.508 e. The number of ether oxygens (including phenoxy) is 1. The van der Waals surface area contributed by atoms with Crippen molar-refractivity contribution in [3.05, 3.63) is 82.5 Å². The van der Waals surface area contributed by atoms with Crippen LogP contribution in [0.1, 0.15) is 61.2 Å². The van der Waals surface area contributed by atoms with Crippen LogP contribution in [-0.2, 0) is 6.42 Å². The summed E-state index contributed by atoms with van der Waals surface area (Å²) in [6.45, 7) is 8.14. The fourth-order valence-corrected chi connectivity index (χ4v) is 3.23. The monoisotopic (exact) mass is 388 g/mol. The Bertz CT molecular complexity index is 1000. The van der Waals surface area contributed by atoms with E-state index in [1.807, 2.05) is 58.0 Å². The SMILES string of the molecule is CC(C)=CCCc1cc(C(=O)C=Cc2ccc3c(c2)C=CC(C)(C)O3)ccc1O. The van der Waals surface area contributed by atoms with Crippen LogP contribution in [0.2, 0.25) is 0 Å². The van der Waals surface area contributed by atoms with E-state index in [1.165, 1.54) is 5.57 Å². The van der Waals surface area contributed by atoms with Crippen LogP contribution < -0.4 is 4.74 Å². The molecule has 3 rings (SSSR count). The molecule has 29 heavy (non-hydrogen) atoms. The number of carbonyl (C=O) groups excluding carboxylic acids is 1. The van der Waals surface area contributed by atoms with E-state index in [1.54, 1.807) is 24.3 Å². The number of aryl methyl sites for hydroxylation is 1. The van der Waals surface area contributed by atoms with Gasteiger partial charge in [-0.3, -0.25) is 4.79 Å². The van der Waals surface area contributed by atoms with Gasteiger partial charge in [-0.2, -0.15) is 0 Å². The van der Waals surface area contributed by atoms with Crippen molar-refractivity contribution >= 4 is 17.9 Å². The molecule has 3 heteroatoms. The standard InChI is InChI=1S/C26H28O3/c1-18(2)6-5-7-20-17-21(10-12-24(20)28)23(27)11-8-19-9-13-25-22(16-19)14-15-26(3,4)29-25/h6,8-17,28H,5,7H2,1-4H3.